The normalized spacial score (nSPS) is 27.1. The molecule has 1 heterocycles. The molecule has 1 heteroatoms. The number of hydrogen-bond acceptors (Lipinski definition) is 1. The molecule has 0 amide bonds. The fraction of sp³-hybridized carbons (Fsp3) is 0.556. The highest BCUT2D eigenvalue weighted by Gasteiger charge is 2.08. The number of nitrogens with one attached hydrogen (secondary N) is 1. The summed E-state index contributed by atoms with van der Waals surface area (Å²) in [5, 5.41) is 3.39. The topological polar surface area (TPSA) is 12.0 Å². The fourth-order valence-corrected chi connectivity index (χ4v) is 1.19. The van der Waals surface area contributed by atoms with Crippen molar-refractivity contribution in [3.8, 4) is 0 Å². The van der Waals surface area contributed by atoms with Crippen LogP contribution in [0.5, 0.6) is 0 Å². The monoisotopic (exact) mass is 137 g/mol. The van der Waals surface area contributed by atoms with E-state index >= 15 is 0 Å². The average Bonchev–Trinajstić information content (AvgIpc) is 2.41. The Bertz CT molecular complexity index is 130. The average molecular weight is 137 g/mol. The maximum absolute atomic E-state index is 3.39. The van der Waals surface area contributed by atoms with Crippen molar-refractivity contribution < 1.29 is 0 Å². The summed E-state index contributed by atoms with van der Waals surface area (Å²) in [4.78, 5) is 0. The maximum atomic E-state index is 3.39. The molecule has 1 rings (SSSR count). The van der Waals surface area contributed by atoms with E-state index in [4.69, 9.17) is 0 Å². The van der Waals surface area contributed by atoms with Crippen LogP contribution in [0.25, 0.3) is 0 Å². The summed E-state index contributed by atoms with van der Waals surface area (Å²) in [5.41, 5.74) is 0. The Labute approximate surface area is 62.8 Å². The van der Waals surface area contributed by atoms with Gasteiger partial charge in [-0.25, -0.2) is 0 Å². The van der Waals surface area contributed by atoms with E-state index in [0.717, 1.165) is 0 Å². The highest BCUT2D eigenvalue weighted by molar-refractivity contribution is 5.06. The minimum atomic E-state index is 0.635. The summed E-state index contributed by atoms with van der Waals surface area (Å²) >= 11 is 0. The number of hydrogen-bond donors (Lipinski definition) is 1. The van der Waals surface area contributed by atoms with Gasteiger partial charge >= 0.3 is 0 Å². The van der Waals surface area contributed by atoms with E-state index in [2.05, 4.69) is 23.5 Å². The van der Waals surface area contributed by atoms with Crippen LogP contribution in [0.2, 0.25) is 0 Å². The molecule has 0 aromatic heterocycles. The van der Waals surface area contributed by atoms with Crippen LogP contribution in [0.15, 0.2) is 24.3 Å². The van der Waals surface area contributed by atoms with Gasteiger partial charge in [0.1, 0.15) is 0 Å². The molecule has 1 N–H and O–H groups in total. The first-order valence-electron chi connectivity index (χ1n) is 3.96. The highest BCUT2D eigenvalue weighted by Crippen LogP contribution is 2.05. The third-order valence-corrected chi connectivity index (χ3v) is 1.75. The molecule has 0 bridgehead atoms. The summed E-state index contributed by atoms with van der Waals surface area (Å²) in [6.07, 6.45) is 11.1. The van der Waals surface area contributed by atoms with Crippen molar-refractivity contribution in [2.24, 2.45) is 0 Å². The third kappa shape index (κ3) is 2.36. The molecular formula is C9H15N. The van der Waals surface area contributed by atoms with E-state index < -0.39 is 0 Å². The first kappa shape index (κ1) is 7.55. The van der Waals surface area contributed by atoms with Crippen LogP contribution in [0, 0.1) is 0 Å². The lowest BCUT2D eigenvalue weighted by Crippen LogP contribution is -2.17. The SMILES string of the molecule is CC=CC=CC1CCCN1. The second-order valence-corrected chi connectivity index (χ2v) is 2.61. The molecule has 0 radical (unpaired) electrons. The predicted molar refractivity (Wildman–Crippen MR) is 45.0 cm³/mol. The summed E-state index contributed by atoms with van der Waals surface area (Å²) in [6.45, 7) is 3.22. The van der Waals surface area contributed by atoms with Crippen LogP contribution < -0.4 is 5.32 Å². The summed E-state index contributed by atoms with van der Waals surface area (Å²) in [7, 11) is 0. The molecule has 1 unspecified atom stereocenters. The molecule has 56 valence electrons. The molecule has 1 fully saturated rings. The Kier molecular flexibility index (Phi) is 3.23. The van der Waals surface area contributed by atoms with Crippen molar-refractivity contribution in [1.29, 1.82) is 0 Å². The van der Waals surface area contributed by atoms with Gasteiger partial charge in [-0.05, 0) is 26.3 Å². The molecule has 0 spiro atoms. The molecule has 0 aliphatic carbocycles. The van der Waals surface area contributed by atoms with E-state index in [9.17, 15) is 0 Å². The van der Waals surface area contributed by atoms with Crippen LogP contribution in [0.3, 0.4) is 0 Å². The molecule has 1 aliphatic rings. The first-order valence-corrected chi connectivity index (χ1v) is 3.96. The number of allylic oxidation sites excluding steroid dienone is 3. The highest BCUT2D eigenvalue weighted by atomic mass is 14.9. The van der Waals surface area contributed by atoms with Gasteiger partial charge in [0.2, 0.25) is 0 Å². The molecule has 0 saturated carbocycles. The Morgan fingerprint density at radius 3 is 2.90 bits per heavy atom. The van der Waals surface area contributed by atoms with Crippen LogP contribution in [0.1, 0.15) is 19.8 Å². The second-order valence-electron chi connectivity index (χ2n) is 2.61. The Morgan fingerprint density at radius 2 is 2.30 bits per heavy atom. The predicted octanol–water partition coefficient (Wildman–Crippen LogP) is 1.87. The van der Waals surface area contributed by atoms with Crippen molar-refractivity contribution in [2.45, 2.75) is 25.8 Å². The van der Waals surface area contributed by atoms with E-state index in [-0.39, 0.29) is 0 Å². The summed E-state index contributed by atoms with van der Waals surface area (Å²) in [5.74, 6) is 0. The lowest BCUT2D eigenvalue weighted by molar-refractivity contribution is 0.727. The number of rotatable bonds is 2. The van der Waals surface area contributed by atoms with E-state index in [1.54, 1.807) is 0 Å². The van der Waals surface area contributed by atoms with Gasteiger partial charge in [-0.2, -0.15) is 0 Å². The van der Waals surface area contributed by atoms with Crippen molar-refractivity contribution >= 4 is 0 Å². The van der Waals surface area contributed by atoms with Gasteiger partial charge in [0.05, 0.1) is 0 Å². The van der Waals surface area contributed by atoms with E-state index in [0.29, 0.717) is 6.04 Å². The summed E-state index contributed by atoms with van der Waals surface area (Å²) < 4.78 is 0. The molecular weight excluding hydrogens is 122 g/mol. The minimum Gasteiger partial charge on any atom is -0.311 e. The molecule has 1 aliphatic heterocycles. The molecule has 1 nitrogen and oxygen atoms in total. The summed E-state index contributed by atoms with van der Waals surface area (Å²) in [6, 6.07) is 0.635. The zero-order valence-corrected chi connectivity index (χ0v) is 6.51. The Morgan fingerprint density at radius 1 is 1.40 bits per heavy atom. The quantitative estimate of drug-likeness (QED) is 0.573. The van der Waals surface area contributed by atoms with Crippen LogP contribution in [-0.2, 0) is 0 Å². The lowest BCUT2D eigenvalue weighted by atomic mass is 10.2. The lowest BCUT2D eigenvalue weighted by Gasteiger charge is -1.99. The van der Waals surface area contributed by atoms with Gasteiger partial charge in [0.25, 0.3) is 0 Å². The Balaban J connectivity index is 2.22. The van der Waals surface area contributed by atoms with Gasteiger partial charge < -0.3 is 5.32 Å². The third-order valence-electron chi connectivity index (χ3n) is 1.75. The van der Waals surface area contributed by atoms with Gasteiger partial charge in [-0.1, -0.05) is 24.3 Å². The van der Waals surface area contributed by atoms with Crippen LogP contribution in [0.4, 0.5) is 0 Å². The maximum Gasteiger partial charge on any atom is 0.0253 e. The molecule has 10 heavy (non-hydrogen) atoms. The van der Waals surface area contributed by atoms with E-state index in [1.807, 2.05) is 13.0 Å². The van der Waals surface area contributed by atoms with Crippen molar-refractivity contribution in [3.05, 3.63) is 24.3 Å². The Hall–Kier alpha value is -0.560. The van der Waals surface area contributed by atoms with Gasteiger partial charge in [-0.15, -0.1) is 0 Å². The van der Waals surface area contributed by atoms with Crippen molar-refractivity contribution in [2.75, 3.05) is 6.54 Å². The van der Waals surface area contributed by atoms with Crippen molar-refractivity contribution in [3.63, 3.8) is 0 Å². The van der Waals surface area contributed by atoms with E-state index in [1.165, 1.54) is 19.4 Å². The largest absolute Gasteiger partial charge is 0.311 e. The van der Waals surface area contributed by atoms with Crippen LogP contribution >= 0.6 is 0 Å². The van der Waals surface area contributed by atoms with Crippen LogP contribution in [-0.4, -0.2) is 12.6 Å². The van der Waals surface area contributed by atoms with Crippen molar-refractivity contribution in [1.82, 2.24) is 5.32 Å². The fourth-order valence-electron chi connectivity index (χ4n) is 1.19. The van der Waals surface area contributed by atoms with Gasteiger partial charge in [0.15, 0.2) is 0 Å². The minimum absolute atomic E-state index is 0.635. The second kappa shape index (κ2) is 4.29. The first-order chi connectivity index (χ1) is 4.93. The molecule has 1 atom stereocenters. The molecule has 1 saturated heterocycles. The van der Waals surface area contributed by atoms with Gasteiger partial charge in [-0.3, -0.25) is 0 Å². The molecule has 0 aromatic rings. The van der Waals surface area contributed by atoms with Gasteiger partial charge in [0, 0.05) is 6.04 Å². The zero-order chi connectivity index (χ0) is 7.23. The standard InChI is InChI=1S/C9H15N/c1-2-3-4-6-9-7-5-8-10-9/h2-4,6,9-10H,5,7-8H2,1H3. The molecule has 0 aromatic carbocycles. The zero-order valence-electron chi connectivity index (χ0n) is 6.51. The smallest absolute Gasteiger partial charge is 0.0253 e.